The van der Waals surface area contributed by atoms with Crippen LogP contribution >= 0.6 is 0 Å². The van der Waals surface area contributed by atoms with E-state index in [2.05, 4.69) is 5.32 Å². The zero-order valence-electron chi connectivity index (χ0n) is 12.3. The maximum absolute atomic E-state index is 11.7. The lowest BCUT2D eigenvalue weighted by molar-refractivity contribution is -0.199. The Kier molecular flexibility index (Phi) is 3.07. The van der Waals surface area contributed by atoms with Crippen molar-refractivity contribution >= 4 is 12.1 Å². The molecule has 1 N–H and O–H groups in total. The number of nitrogens with one attached hydrogen (secondary N) is 1. The highest BCUT2D eigenvalue weighted by atomic mass is 16.6. The Bertz CT molecular complexity index is 390. The Balaban J connectivity index is 1.84. The number of methoxy groups -OCH3 is 1. The smallest absolute Gasteiger partial charge is 0.408 e. The van der Waals surface area contributed by atoms with Crippen molar-refractivity contribution in [2.75, 3.05) is 7.11 Å². The summed E-state index contributed by atoms with van der Waals surface area (Å²) in [7, 11) is 1.42. The Morgan fingerprint density at radius 3 is 2.16 bits per heavy atom. The molecule has 1 atom stereocenters. The Morgan fingerprint density at radius 1 is 1.21 bits per heavy atom. The van der Waals surface area contributed by atoms with Gasteiger partial charge in [0.25, 0.3) is 0 Å². The molecule has 3 aliphatic carbocycles. The van der Waals surface area contributed by atoms with Crippen LogP contribution in [0.2, 0.25) is 0 Å². The minimum Gasteiger partial charge on any atom is -0.469 e. The van der Waals surface area contributed by atoms with Crippen molar-refractivity contribution in [1.29, 1.82) is 0 Å². The van der Waals surface area contributed by atoms with E-state index in [-0.39, 0.29) is 28.9 Å². The first-order valence-electron chi connectivity index (χ1n) is 6.70. The van der Waals surface area contributed by atoms with Gasteiger partial charge in [-0.1, -0.05) is 6.92 Å². The van der Waals surface area contributed by atoms with E-state index in [0.717, 1.165) is 19.3 Å². The summed E-state index contributed by atoms with van der Waals surface area (Å²) in [5.41, 5.74) is -0.600. The number of amides is 1. The summed E-state index contributed by atoms with van der Waals surface area (Å²) in [6.07, 6.45) is 2.16. The van der Waals surface area contributed by atoms with Crippen molar-refractivity contribution in [2.45, 2.75) is 58.1 Å². The third kappa shape index (κ3) is 2.42. The summed E-state index contributed by atoms with van der Waals surface area (Å²) in [6, 6.07) is 0. The highest BCUT2D eigenvalue weighted by Crippen LogP contribution is 2.70. The van der Waals surface area contributed by atoms with Crippen molar-refractivity contribution in [1.82, 2.24) is 5.32 Å². The standard InChI is InChI=1S/C14H23NO4/c1-9(10(16)18-5)13-6-14(7-13,8-13)15-11(17)19-12(2,3)4/h9H,6-8H2,1-5H3,(H,15,17). The third-order valence-electron chi connectivity index (χ3n) is 4.31. The minimum absolute atomic E-state index is 0.0299. The van der Waals surface area contributed by atoms with Crippen LogP contribution in [0.1, 0.15) is 47.0 Å². The zero-order valence-corrected chi connectivity index (χ0v) is 12.3. The normalized spacial score (nSPS) is 33.5. The van der Waals surface area contributed by atoms with Gasteiger partial charge in [0.15, 0.2) is 0 Å². The predicted molar refractivity (Wildman–Crippen MR) is 69.6 cm³/mol. The summed E-state index contributed by atoms with van der Waals surface area (Å²) >= 11 is 0. The number of esters is 1. The number of ether oxygens (including phenoxy) is 2. The van der Waals surface area contributed by atoms with E-state index in [1.165, 1.54) is 7.11 Å². The lowest BCUT2D eigenvalue weighted by Crippen LogP contribution is -2.77. The monoisotopic (exact) mass is 269 g/mol. The molecule has 1 amide bonds. The molecule has 0 radical (unpaired) electrons. The molecule has 5 heteroatoms. The summed E-state index contributed by atoms with van der Waals surface area (Å²) in [4.78, 5) is 23.3. The number of carbonyl (C=O) groups is 2. The second-order valence-corrected chi connectivity index (χ2v) is 7.04. The molecule has 3 aliphatic rings. The number of carbonyl (C=O) groups excluding carboxylic acids is 2. The molecule has 108 valence electrons. The largest absolute Gasteiger partial charge is 0.469 e. The second kappa shape index (κ2) is 4.12. The van der Waals surface area contributed by atoms with E-state index in [0.29, 0.717) is 0 Å². The van der Waals surface area contributed by atoms with Crippen LogP contribution in [-0.4, -0.2) is 30.3 Å². The molecule has 5 nitrogen and oxygen atoms in total. The van der Waals surface area contributed by atoms with Crippen molar-refractivity contribution in [2.24, 2.45) is 11.3 Å². The quantitative estimate of drug-likeness (QED) is 0.798. The summed E-state index contributed by atoms with van der Waals surface area (Å²) in [6.45, 7) is 7.43. The highest BCUT2D eigenvalue weighted by molar-refractivity contribution is 5.75. The van der Waals surface area contributed by atoms with E-state index in [9.17, 15) is 9.59 Å². The van der Waals surface area contributed by atoms with E-state index in [1.807, 2.05) is 27.7 Å². The van der Waals surface area contributed by atoms with Crippen LogP contribution in [0, 0.1) is 11.3 Å². The first-order chi connectivity index (χ1) is 8.61. The molecular weight excluding hydrogens is 246 g/mol. The molecule has 0 aromatic rings. The van der Waals surface area contributed by atoms with Crippen molar-refractivity contribution in [3.05, 3.63) is 0 Å². The average Bonchev–Trinajstić information content (AvgIpc) is 2.16. The van der Waals surface area contributed by atoms with Gasteiger partial charge in [0.05, 0.1) is 13.0 Å². The van der Waals surface area contributed by atoms with Gasteiger partial charge in [-0.05, 0) is 45.4 Å². The van der Waals surface area contributed by atoms with Crippen molar-refractivity contribution < 1.29 is 19.1 Å². The molecule has 0 aromatic carbocycles. The van der Waals surface area contributed by atoms with Gasteiger partial charge in [0.1, 0.15) is 5.60 Å². The summed E-state index contributed by atoms with van der Waals surface area (Å²) in [5, 5.41) is 2.94. The number of alkyl carbamates (subject to hydrolysis) is 1. The Labute approximate surface area is 114 Å². The van der Waals surface area contributed by atoms with Gasteiger partial charge in [0, 0.05) is 5.54 Å². The van der Waals surface area contributed by atoms with Gasteiger partial charge in [-0.2, -0.15) is 0 Å². The molecule has 0 aromatic heterocycles. The molecule has 3 fully saturated rings. The molecule has 1 unspecified atom stereocenters. The lowest BCUT2D eigenvalue weighted by atomic mass is 9.36. The van der Waals surface area contributed by atoms with Crippen LogP contribution < -0.4 is 5.32 Å². The van der Waals surface area contributed by atoms with Gasteiger partial charge in [-0.15, -0.1) is 0 Å². The van der Waals surface area contributed by atoms with E-state index >= 15 is 0 Å². The molecule has 19 heavy (non-hydrogen) atoms. The summed E-state index contributed by atoms with van der Waals surface area (Å²) in [5.74, 6) is -0.259. The van der Waals surface area contributed by atoms with E-state index < -0.39 is 5.60 Å². The number of hydrogen-bond acceptors (Lipinski definition) is 4. The molecule has 3 saturated carbocycles. The van der Waals surface area contributed by atoms with Crippen molar-refractivity contribution in [3.63, 3.8) is 0 Å². The van der Waals surface area contributed by atoms with E-state index in [1.54, 1.807) is 0 Å². The fourth-order valence-corrected chi connectivity index (χ4v) is 3.41. The predicted octanol–water partition coefficient (Wildman–Crippen LogP) is 2.24. The van der Waals surface area contributed by atoms with Gasteiger partial charge in [-0.25, -0.2) is 4.79 Å². The average molecular weight is 269 g/mol. The lowest BCUT2D eigenvalue weighted by Gasteiger charge is -2.72. The molecule has 3 rings (SSSR count). The van der Waals surface area contributed by atoms with Gasteiger partial charge >= 0.3 is 12.1 Å². The fraction of sp³-hybridized carbons (Fsp3) is 0.857. The molecule has 0 spiro atoms. The molecule has 0 aliphatic heterocycles. The fourth-order valence-electron chi connectivity index (χ4n) is 3.41. The highest BCUT2D eigenvalue weighted by Gasteiger charge is 2.71. The maximum atomic E-state index is 11.7. The molecule has 2 bridgehead atoms. The maximum Gasteiger partial charge on any atom is 0.408 e. The number of hydrogen-bond donors (Lipinski definition) is 1. The second-order valence-electron chi connectivity index (χ2n) is 7.04. The Morgan fingerprint density at radius 2 is 1.74 bits per heavy atom. The van der Waals surface area contributed by atoms with Crippen LogP contribution in [-0.2, 0) is 14.3 Å². The SMILES string of the molecule is COC(=O)C(C)C12CC(NC(=O)OC(C)(C)C)(C1)C2. The first kappa shape index (κ1) is 14.2. The van der Waals surface area contributed by atoms with Gasteiger partial charge in [0.2, 0.25) is 0 Å². The van der Waals surface area contributed by atoms with Gasteiger partial charge in [-0.3, -0.25) is 4.79 Å². The molecule has 0 saturated heterocycles. The Hall–Kier alpha value is -1.26. The third-order valence-corrected chi connectivity index (χ3v) is 4.31. The topological polar surface area (TPSA) is 64.6 Å². The van der Waals surface area contributed by atoms with Crippen LogP contribution in [0.4, 0.5) is 4.79 Å². The van der Waals surface area contributed by atoms with Crippen molar-refractivity contribution in [3.8, 4) is 0 Å². The van der Waals surface area contributed by atoms with Crippen LogP contribution in [0.5, 0.6) is 0 Å². The first-order valence-corrected chi connectivity index (χ1v) is 6.70. The number of rotatable bonds is 3. The van der Waals surface area contributed by atoms with Crippen LogP contribution in [0.3, 0.4) is 0 Å². The molecular formula is C14H23NO4. The minimum atomic E-state index is -0.482. The molecule has 0 heterocycles. The zero-order chi connectivity index (χ0) is 14.5. The summed E-state index contributed by atoms with van der Waals surface area (Å²) < 4.78 is 10.0. The van der Waals surface area contributed by atoms with Crippen LogP contribution in [0.15, 0.2) is 0 Å². The van der Waals surface area contributed by atoms with Crippen LogP contribution in [0.25, 0.3) is 0 Å². The van der Waals surface area contributed by atoms with E-state index in [4.69, 9.17) is 9.47 Å². The van der Waals surface area contributed by atoms with Gasteiger partial charge < -0.3 is 14.8 Å².